The van der Waals surface area contributed by atoms with Gasteiger partial charge in [0, 0.05) is 26.2 Å². The van der Waals surface area contributed by atoms with Gasteiger partial charge in [0.05, 0.1) is 12.7 Å². The molecule has 1 saturated carbocycles. The molecule has 21 heavy (non-hydrogen) atoms. The first kappa shape index (κ1) is 16.7. The zero-order valence-corrected chi connectivity index (χ0v) is 13.9. The molecule has 122 valence electrons. The smallest absolute Gasteiger partial charge is 0.327 e. The fraction of sp³-hybridized carbons (Fsp3) is 0.938. The highest BCUT2D eigenvalue weighted by molar-refractivity contribution is 5.80. The van der Waals surface area contributed by atoms with Gasteiger partial charge in [0.1, 0.15) is 5.54 Å². The van der Waals surface area contributed by atoms with Crippen molar-refractivity contribution in [3.63, 3.8) is 0 Å². The maximum atomic E-state index is 12.4. The van der Waals surface area contributed by atoms with E-state index in [-0.39, 0.29) is 12.1 Å². The van der Waals surface area contributed by atoms with Gasteiger partial charge in [-0.2, -0.15) is 0 Å². The summed E-state index contributed by atoms with van der Waals surface area (Å²) in [7, 11) is 1.78. The third-order valence-electron chi connectivity index (χ3n) is 4.64. The van der Waals surface area contributed by atoms with Crippen LogP contribution in [0.15, 0.2) is 0 Å². The van der Waals surface area contributed by atoms with Gasteiger partial charge in [-0.1, -0.05) is 6.92 Å². The highest BCUT2D eigenvalue weighted by Crippen LogP contribution is 2.26. The largest absolute Gasteiger partial charge is 0.465 e. The molecular formula is C16H30N2O3. The van der Waals surface area contributed by atoms with Crippen molar-refractivity contribution < 1.29 is 14.3 Å². The molecule has 2 rings (SSSR count). The number of carbonyl (C=O) groups excluding carboxylic acids is 1. The van der Waals surface area contributed by atoms with Crippen LogP contribution in [0.25, 0.3) is 0 Å². The van der Waals surface area contributed by atoms with Crippen LogP contribution < -0.4 is 5.32 Å². The number of hydrogen-bond acceptors (Lipinski definition) is 5. The van der Waals surface area contributed by atoms with Crippen molar-refractivity contribution >= 4 is 5.97 Å². The van der Waals surface area contributed by atoms with Gasteiger partial charge < -0.3 is 9.47 Å². The van der Waals surface area contributed by atoms with Gasteiger partial charge in [0.15, 0.2) is 0 Å². The zero-order valence-electron chi connectivity index (χ0n) is 13.9. The number of ether oxygens (including phenoxy) is 2. The van der Waals surface area contributed by atoms with E-state index in [4.69, 9.17) is 9.47 Å². The van der Waals surface area contributed by atoms with Crippen LogP contribution in [0, 0.1) is 5.92 Å². The van der Waals surface area contributed by atoms with Crippen molar-refractivity contribution in [3.8, 4) is 0 Å². The lowest BCUT2D eigenvalue weighted by molar-refractivity contribution is -0.152. The van der Waals surface area contributed by atoms with Crippen LogP contribution in [0.5, 0.6) is 0 Å². The number of likely N-dealkylation sites (tertiary alicyclic amines) is 1. The van der Waals surface area contributed by atoms with E-state index in [1.807, 2.05) is 13.8 Å². The Balaban J connectivity index is 1.98. The minimum Gasteiger partial charge on any atom is -0.465 e. The van der Waals surface area contributed by atoms with Gasteiger partial charge in [-0.15, -0.1) is 0 Å². The molecule has 1 heterocycles. The zero-order chi connectivity index (χ0) is 15.5. The molecular weight excluding hydrogens is 268 g/mol. The van der Waals surface area contributed by atoms with E-state index in [9.17, 15) is 4.79 Å². The van der Waals surface area contributed by atoms with Crippen LogP contribution >= 0.6 is 0 Å². The second kappa shape index (κ2) is 7.07. The summed E-state index contributed by atoms with van der Waals surface area (Å²) in [5, 5.41) is 3.49. The SMILES string of the molecule is CCOC(=O)C(C)(CN1CCC(C)C(OC)C1)NC1CC1. The van der Waals surface area contributed by atoms with Crippen molar-refractivity contribution in [2.24, 2.45) is 5.92 Å². The maximum absolute atomic E-state index is 12.4. The second-order valence-corrected chi connectivity index (χ2v) is 6.75. The van der Waals surface area contributed by atoms with Crippen LogP contribution in [-0.2, 0) is 14.3 Å². The topological polar surface area (TPSA) is 50.8 Å². The average Bonchev–Trinajstić information content (AvgIpc) is 3.25. The number of piperidine rings is 1. The van der Waals surface area contributed by atoms with E-state index in [1.54, 1.807) is 7.11 Å². The second-order valence-electron chi connectivity index (χ2n) is 6.75. The van der Waals surface area contributed by atoms with Gasteiger partial charge in [-0.25, -0.2) is 0 Å². The van der Waals surface area contributed by atoms with Crippen molar-refractivity contribution in [2.75, 3.05) is 33.4 Å². The Labute approximate surface area is 128 Å². The number of esters is 1. The Morgan fingerprint density at radius 1 is 1.38 bits per heavy atom. The molecule has 1 aliphatic carbocycles. The third kappa shape index (κ3) is 4.41. The summed E-state index contributed by atoms with van der Waals surface area (Å²) in [4.78, 5) is 14.7. The molecule has 3 unspecified atom stereocenters. The summed E-state index contributed by atoms with van der Waals surface area (Å²) >= 11 is 0. The standard InChI is InChI=1S/C16H30N2O3/c1-5-21-15(19)16(3,17-13-6-7-13)11-18-9-8-12(2)14(10-18)20-4/h12-14,17H,5-11H2,1-4H3. The fourth-order valence-corrected chi connectivity index (χ4v) is 3.13. The molecule has 2 fully saturated rings. The predicted octanol–water partition coefficient (Wildman–Crippen LogP) is 1.42. The Morgan fingerprint density at radius 3 is 2.67 bits per heavy atom. The highest BCUT2D eigenvalue weighted by atomic mass is 16.5. The molecule has 0 aromatic heterocycles. The monoisotopic (exact) mass is 298 g/mol. The maximum Gasteiger partial charge on any atom is 0.327 e. The first-order valence-corrected chi connectivity index (χ1v) is 8.18. The lowest BCUT2D eigenvalue weighted by atomic mass is 9.93. The average molecular weight is 298 g/mol. The van der Waals surface area contributed by atoms with Gasteiger partial charge in [-0.05, 0) is 45.6 Å². The number of carbonyl (C=O) groups is 1. The number of nitrogens with zero attached hydrogens (tertiary/aromatic N) is 1. The van der Waals surface area contributed by atoms with Crippen molar-refractivity contribution in [2.45, 2.75) is 57.7 Å². The molecule has 0 bridgehead atoms. The van der Waals surface area contributed by atoms with Crippen molar-refractivity contribution in [1.29, 1.82) is 0 Å². The first-order chi connectivity index (χ1) is 9.98. The van der Waals surface area contributed by atoms with Crippen LogP contribution in [0.3, 0.4) is 0 Å². The lowest BCUT2D eigenvalue weighted by Gasteiger charge is -2.40. The summed E-state index contributed by atoms with van der Waals surface area (Å²) in [5.41, 5.74) is -0.615. The molecule has 1 aliphatic heterocycles. The Hall–Kier alpha value is -0.650. The van der Waals surface area contributed by atoms with E-state index < -0.39 is 5.54 Å². The summed E-state index contributed by atoms with van der Waals surface area (Å²) in [6, 6.07) is 0.473. The molecule has 0 amide bonds. The molecule has 1 N–H and O–H groups in total. The van der Waals surface area contributed by atoms with Gasteiger partial charge in [0.25, 0.3) is 0 Å². The van der Waals surface area contributed by atoms with Gasteiger partial charge >= 0.3 is 5.97 Å². The van der Waals surface area contributed by atoms with Crippen LogP contribution in [0.4, 0.5) is 0 Å². The van der Waals surface area contributed by atoms with Crippen LogP contribution in [0.2, 0.25) is 0 Å². The van der Waals surface area contributed by atoms with E-state index in [0.717, 1.165) is 32.4 Å². The molecule has 0 aromatic carbocycles. The molecule has 0 radical (unpaired) electrons. The Bertz CT molecular complexity index is 359. The molecule has 0 aromatic rings. The number of nitrogens with one attached hydrogen (secondary N) is 1. The highest BCUT2D eigenvalue weighted by Gasteiger charge is 2.42. The molecule has 5 heteroatoms. The third-order valence-corrected chi connectivity index (χ3v) is 4.64. The van der Waals surface area contributed by atoms with Crippen molar-refractivity contribution in [3.05, 3.63) is 0 Å². The Morgan fingerprint density at radius 2 is 2.10 bits per heavy atom. The number of methoxy groups -OCH3 is 1. The predicted molar refractivity (Wildman–Crippen MR) is 82.2 cm³/mol. The minimum absolute atomic E-state index is 0.135. The quantitative estimate of drug-likeness (QED) is 0.720. The van der Waals surface area contributed by atoms with Gasteiger partial charge in [-0.3, -0.25) is 15.0 Å². The summed E-state index contributed by atoms with van der Waals surface area (Å²) in [5.74, 6) is 0.445. The summed E-state index contributed by atoms with van der Waals surface area (Å²) in [6.07, 6.45) is 3.69. The minimum atomic E-state index is -0.615. The van der Waals surface area contributed by atoms with E-state index in [0.29, 0.717) is 25.1 Å². The first-order valence-electron chi connectivity index (χ1n) is 8.18. The van der Waals surface area contributed by atoms with E-state index in [2.05, 4.69) is 17.1 Å². The normalized spacial score (nSPS) is 29.9. The van der Waals surface area contributed by atoms with Crippen molar-refractivity contribution in [1.82, 2.24) is 10.2 Å². The fourth-order valence-electron chi connectivity index (χ4n) is 3.13. The molecule has 5 nitrogen and oxygen atoms in total. The molecule has 0 spiro atoms. The molecule has 2 aliphatic rings. The molecule has 1 saturated heterocycles. The van der Waals surface area contributed by atoms with E-state index >= 15 is 0 Å². The van der Waals surface area contributed by atoms with Crippen LogP contribution in [0.1, 0.15) is 40.0 Å². The summed E-state index contributed by atoms with van der Waals surface area (Å²) < 4.78 is 10.9. The lowest BCUT2D eigenvalue weighted by Crippen LogP contribution is -2.60. The van der Waals surface area contributed by atoms with Gasteiger partial charge in [0.2, 0.25) is 0 Å². The molecule has 3 atom stereocenters. The Kier molecular flexibility index (Phi) is 5.63. The van der Waals surface area contributed by atoms with Crippen LogP contribution in [-0.4, -0.2) is 61.9 Å². The number of rotatable bonds is 7. The number of hydrogen-bond donors (Lipinski definition) is 1. The van der Waals surface area contributed by atoms with E-state index in [1.165, 1.54) is 0 Å². The summed E-state index contributed by atoms with van der Waals surface area (Å²) in [6.45, 7) is 9.09.